The molecule has 1 aliphatic heterocycles. The van der Waals surface area contributed by atoms with E-state index >= 15 is 0 Å². The maximum Gasteiger partial charge on any atom is 0.242 e. The van der Waals surface area contributed by atoms with Gasteiger partial charge in [-0.05, 0) is 24.6 Å². The number of carbonyl (C=O) groups excluding carboxylic acids is 1. The zero-order valence-corrected chi connectivity index (χ0v) is 18.4. The van der Waals surface area contributed by atoms with Crippen LogP contribution in [0.1, 0.15) is 30.3 Å². The maximum absolute atomic E-state index is 13.4. The average molecular weight is 443 g/mol. The van der Waals surface area contributed by atoms with Crippen molar-refractivity contribution >= 4 is 26.7 Å². The van der Waals surface area contributed by atoms with Crippen LogP contribution in [-0.4, -0.2) is 50.9 Å². The van der Waals surface area contributed by atoms with Gasteiger partial charge in [-0.3, -0.25) is 9.69 Å². The van der Waals surface area contributed by atoms with Crippen LogP contribution >= 0.6 is 0 Å². The van der Waals surface area contributed by atoms with E-state index in [0.29, 0.717) is 30.2 Å². The van der Waals surface area contributed by atoms with Gasteiger partial charge in [-0.2, -0.15) is 0 Å². The van der Waals surface area contributed by atoms with Gasteiger partial charge in [0.05, 0.1) is 24.7 Å². The topological polar surface area (TPSA) is 88.9 Å². The van der Waals surface area contributed by atoms with Crippen molar-refractivity contribution in [2.24, 2.45) is 0 Å². The van der Waals surface area contributed by atoms with Crippen LogP contribution in [0.15, 0.2) is 59.0 Å². The third-order valence-electron chi connectivity index (χ3n) is 5.64. The van der Waals surface area contributed by atoms with Crippen LogP contribution in [0.3, 0.4) is 0 Å². The molecule has 7 nitrogen and oxygen atoms in total. The van der Waals surface area contributed by atoms with Gasteiger partial charge in [-0.1, -0.05) is 42.5 Å². The van der Waals surface area contributed by atoms with Crippen LogP contribution in [0.4, 0.5) is 0 Å². The molecule has 2 heterocycles. The Kier molecular flexibility index (Phi) is 6.02. The summed E-state index contributed by atoms with van der Waals surface area (Å²) in [6.07, 6.45) is 0. The number of methoxy groups -OCH3 is 1. The molecule has 2 aromatic carbocycles. The molecule has 0 saturated carbocycles. The van der Waals surface area contributed by atoms with Crippen molar-refractivity contribution in [2.75, 3.05) is 31.7 Å². The minimum atomic E-state index is -3.04. The van der Waals surface area contributed by atoms with Crippen LogP contribution in [0.2, 0.25) is 0 Å². The van der Waals surface area contributed by atoms with Crippen LogP contribution in [0.5, 0.6) is 5.75 Å². The van der Waals surface area contributed by atoms with E-state index in [1.165, 1.54) is 0 Å². The number of hydrogen-bond donors (Lipinski definition) is 1. The van der Waals surface area contributed by atoms with E-state index in [4.69, 9.17) is 9.15 Å². The normalized spacial score (nSPS) is 18.4. The SMILES string of the molecule is COc1cccc2cc(C(C)NC(=O)C(c3ccccc3)N3CCS(=O)(=O)CC3)oc12. The second-order valence-corrected chi connectivity index (χ2v) is 10.1. The molecule has 1 aliphatic rings. The van der Waals surface area contributed by atoms with E-state index in [-0.39, 0.29) is 23.5 Å². The van der Waals surface area contributed by atoms with Crippen LogP contribution in [-0.2, 0) is 14.6 Å². The fourth-order valence-electron chi connectivity index (χ4n) is 3.94. The maximum atomic E-state index is 13.4. The van der Waals surface area contributed by atoms with Gasteiger partial charge in [0.2, 0.25) is 5.91 Å². The number of para-hydroxylation sites is 1. The molecule has 2 unspecified atom stereocenters. The Morgan fingerprint density at radius 3 is 2.48 bits per heavy atom. The molecule has 1 N–H and O–H groups in total. The Balaban J connectivity index is 1.57. The zero-order valence-electron chi connectivity index (χ0n) is 17.6. The lowest BCUT2D eigenvalue weighted by Gasteiger charge is -2.34. The van der Waals surface area contributed by atoms with Gasteiger partial charge < -0.3 is 14.5 Å². The first-order valence-electron chi connectivity index (χ1n) is 10.2. The van der Waals surface area contributed by atoms with Crippen molar-refractivity contribution in [1.82, 2.24) is 10.2 Å². The van der Waals surface area contributed by atoms with Gasteiger partial charge in [0.1, 0.15) is 11.8 Å². The van der Waals surface area contributed by atoms with Gasteiger partial charge in [0.15, 0.2) is 21.2 Å². The van der Waals surface area contributed by atoms with Gasteiger partial charge in [0, 0.05) is 18.5 Å². The smallest absolute Gasteiger partial charge is 0.242 e. The summed E-state index contributed by atoms with van der Waals surface area (Å²) < 4.78 is 35.1. The summed E-state index contributed by atoms with van der Waals surface area (Å²) in [5.74, 6) is 1.19. The Morgan fingerprint density at radius 2 is 1.81 bits per heavy atom. The summed E-state index contributed by atoms with van der Waals surface area (Å²) in [7, 11) is -1.46. The molecule has 4 rings (SSSR count). The molecule has 1 fully saturated rings. The highest BCUT2D eigenvalue weighted by atomic mass is 32.2. The fourth-order valence-corrected chi connectivity index (χ4v) is 5.17. The molecule has 0 radical (unpaired) electrons. The number of furan rings is 1. The number of hydrogen-bond acceptors (Lipinski definition) is 6. The lowest BCUT2D eigenvalue weighted by atomic mass is 10.0. The highest BCUT2D eigenvalue weighted by Crippen LogP contribution is 2.31. The Bertz CT molecular complexity index is 1160. The highest BCUT2D eigenvalue weighted by molar-refractivity contribution is 7.91. The Labute approximate surface area is 181 Å². The summed E-state index contributed by atoms with van der Waals surface area (Å²) in [5.41, 5.74) is 1.47. The number of nitrogens with zero attached hydrogens (tertiary/aromatic N) is 1. The molecule has 1 amide bonds. The van der Waals surface area contributed by atoms with Gasteiger partial charge in [-0.15, -0.1) is 0 Å². The molecule has 31 heavy (non-hydrogen) atoms. The van der Waals surface area contributed by atoms with Crippen LogP contribution in [0, 0.1) is 0 Å². The highest BCUT2D eigenvalue weighted by Gasteiger charge is 2.33. The average Bonchev–Trinajstić information content (AvgIpc) is 3.20. The molecule has 1 saturated heterocycles. The quantitative estimate of drug-likeness (QED) is 0.631. The first kappa shape index (κ1) is 21.4. The summed E-state index contributed by atoms with van der Waals surface area (Å²) in [5, 5.41) is 3.95. The van der Waals surface area contributed by atoms with Crippen molar-refractivity contribution in [1.29, 1.82) is 0 Å². The van der Waals surface area contributed by atoms with Gasteiger partial charge >= 0.3 is 0 Å². The number of fused-ring (bicyclic) bond motifs is 1. The van der Waals surface area contributed by atoms with Crippen molar-refractivity contribution in [2.45, 2.75) is 19.0 Å². The summed E-state index contributed by atoms with van der Waals surface area (Å²) >= 11 is 0. The van der Waals surface area contributed by atoms with E-state index < -0.39 is 15.9 Å². The Hall–Kier alpha value is -2.84. The van der Waals surface area contributed by atoms with Crippen molar-refractivity contribution in [3.05, 3.63) is 65.9 Å². The summed E-state index contributed by atoms with van der Waals surface area (Å²) in [6.45, 7) is 2.52. The number of sulfone groups is 1. The van der Waals surface area contributed by atoms with Crippen LogP contribution < -0.4 is 10.1 Å². The fraction of sp³-hybridized carbons (Fsp3) is 0.348. The molecule has 164 valence electrons. The molecule has 0 aliphatic carbocycles. The first-order chi connectivity index (χ1) is 14.9. The second-order valence-electron chi connectivity index (χ2n) is 7.76. The number of amides is 1. The molecular weight excluding hydrogens is 416 g/mol. The Morgan fingerprint density at radius 1 is 1.10 bits per heavy atom. The number of rotatable bonds is 6. The molecule has 3 aromatic rings. The predicted octanol–water partition coefficient (Wildman–Crippen LogP) is 3.09. The van der Waals surface area contributed by atoms with E-state index in [1.807, 2.05) is 66.4 Å². The van der Waals surface area contributed by atoms with Crippen molar-refractivity contribution in [3.63, 3.8) is 0 Å². The van der Waals surface area contributed by atoms with E-state index in [2.05, 4.69) is 5.32 Å². The second kappa shape index (κ2) is 8.72. The molecule has 1 aromatic heterocycles. The number of carbonyl (C=O) groups is 1. The minimum Gasteiger partial charge on any atom is -0.493 e. The monoisotopic (exact) mass is 442 g/mol. The standard InChI is InChI=1S/C23H26N2O5S/c1-16(20-15-18-9-6-10-19(29-2)22(18)30-20)24-23(26)21(17-7-4-3-5-8-17)25-11-13-31(27,28)14-12-25/h3-10,15-16,21H,11-14H2,1-2H3,(H,24,26). The summed E-state index contributed by atoms with van der Waals surface area (Å²) in [4.78, 5) is 15.3. The van der Waals surface area contributed by atoms with Gasteiger partial charge in [-0.25, -0.2) is 8.42 Å². The van der Waals surface area contributed by atoms with Crippen molar-refractivity contribution in [3.8, 4) is 5.75 Å². The van der Waals surface area contributed by atoms with Crippen LogP contribution in [0.25, 0.3) is 11.0 Å². The number of benzene rings is 2. The molecule has 0 spiro atoms. The number of ether oxygens (including phenoxy) is 1. The third kappa shape index (κ3) is 4.60. The lowest BCUT2D eigenvalue weighted by Crippen LogP contribution is -2.47. The molecule has 2 atom stereocenters. The van der Waals surface area contributed by atoms with Gasteiger partial charge in [0.25, 0.3) is 0 Å². The molecule has 0 bridgehead atoms. The molecular formula is C23H26N2O5S. The van der Waals surface area contributed by atoms with E-state index in [9.17, 15) is 13.2 Å². The van der Waals surface area contributed by atoms with E-state index in [1.54, 1.807) is 7.11 Å². The largest absolute Gasteiger partial charge is 0.493 e. The minimum absolute atomic E-state index is 0.0581. The third-order valence-corrected chi connectivity index (χ3v) is 7.25. The number of nitrogens with one attached hydrogen (secondary N) is 1. The van der Waals surface area contributed by atoms with E-state index in [0.717, 1.165) is 10.9 Å². The predicted molar refractivity (Wildman–Crippen MR) is 119 cm³/mol. The lowest BCUT2D eigenvalue weighted by molar-refractivity contribution is -0.127. The molecule has 8 heteroatoms. The summed E-state index contributed by atoms with van der Waals surface area (Å²) in [6, 6.07) is 16.0. The first-order valence-corrected chi connectivity index (χ1v) is 12.1. The van der Waals surface area contributed by atoms with Crippen molar-refractivity contribution < 1.29 is 22.4 Å². The zero-order chi connectivity index (χ0) is 22.0.